The molecule has 0 amide bonds. The van der Waals surface area contributed by atoms with E-state index in [4.69, 9.17) is 18.9 Å². The van der Waals surface area contributed by atoms with E-state index in [-0.39, 0.29) is 31.0 Å². The molecule has 0 rings (SSSR count). The standard InChI is InChI=1S/C38H76NO6.ClH/c1-6-8-10-12-14-16-18-20-22-24-26-28-37(40)44-35-36(34-39(3,30-32-42-4)31-33-43-5)45-38(41)29-27-25-23-21-19-17-15-13-11-9-7-2;/h36H,6-35H2,1-5H3;1H/q+1;/p-1. The van der Waals surface area contributed by atoms with Crippen LogP contribution in [0, 0.1) is 0 Å². The number of hydrogen-bond donors (Lipinski definition) is 0. The molecule has 1 unspecified atom stereocenters. The van der Waals surface area contributed by atoms with Crippen molar-refractivity contribution in [3.63, 3.8) is 0 Å². The van der Waals surface area contributed by atoms with Gasteiger partial charge in [-0.05, 0) is 12.8 Å². The van der Waals surface area contributed by atoms with Crippen LogP contribution in [-0.4, -0.2) is 83.2 Å². The lowest BCUT2D eigenvalue weighted by atomic mass is 10.1. The minimum Gasteiger partial charge on any atom is -1.00 e. The van der Waals surface area contributed by atoms with Crippen molar-refractivity contribution < 1.29 is 45.4 Å². The predicted molar refractivity (Wildman–Crippen MR) is 188 cm³/mol. The second-order valence-electron chi connectivity index (χ2n) is 13.6. The van der Waals surface area contributed by atoms with E-state index in [1.807, 2.05) is 0 Å². The molecule has 276 valence electrons. The Bertz CT molecular complexity index is 657. The normalized spacial score (nSPS) is 12.1. The number of hydrogen-bond acceptors (Lipinski definition) is 6. The average Bonchev–Trinajstić information content (AvgIpc) is 3.03. The number of likely N-dealkylation sites (N-methyl/N-ethyl adjacent to an activating group) is 1. The maximum atomic E-state index is 12.8. The van der Waals surface area contributed by atoms with Gasteiger partial charge in [0.25, 0.3) is 0 Å². The van der Waals surface area contributed by atoms with Gasteiger partial charge in [0.15, 0.2) is 6.10 Å². The molecular weight excluding hydrogens is 602 g/mol. The third-order valence-electron chi connectivity index (χ3n) is 9.01. The summed E-state index contributed by atoms with van der Waals surface area (Å²) in [7, 11) is 5.51. The Hall–Kier alpha value is -0.890. The van der Waals surface area contributed by atoms with Crippen LogP contribution in [0.5, 0.6) is 0 Å². The molecule has 0 aromatic heterocycles. The highest BCUT2D eigenvalue weighted by Crippen LogP contribution is 2.15. The minimum absolute atomic E-state index is 0. The summed E-state index contributed by atoms with van der Waals surface area (Å²) in [5, 5.41) is 0. The summed E-state index contributed by atoms with van der Waals surface area (Å²) in [5.41, 5.74) is 0. The van der Waals surface area contributed by atoms with Crippen LogP contribution in [0.1, 0.15) is 168 Å². The van der Waals surface area contributed by atoms with Gasteiger partial charge < -0.3 is 35.8 Å². The lowest BCUT2D eigenvalue weighted by Crippen LogP contribution is -3.00. The Morgan fingerprint density at radius 1 is 0.543 bits per heavy atom. The molecule has 0 aromatic carbocycles. The second-order valence-corrected chi connectivity index (χ2v) is 13.6. The average molecular weight is 678 g/mol. The Labute approximate surface area is 291 Å². The molecule has 1 atom stereocenters. The topological polar surface area (TPSA) is 71.1 Å². The van der Waals surface area contributed by atoms with Gasteiger partial charge in [0.05, 0.1) is 20.3 Å². The third-order valence-corrected chi connectivity index (χ3v) is 9.01. The van der Waals surface area contributed by atoms with Gasteiger partial charge in [0, 0.05) is 27.1 Å². The summed E-state index contributed by atoms with van der Waals surface area (Å²) in [6.07, 6.45) is 27.8. The van der Waals surface area contributed by atoms with Crippen molar-refractivity contribution in [2.75, 3.05) is 60.7 Å². The van der Waals surface area contributed by atoms with Crippen LogP contribution in [-0.2, 0) is 28.5 Å². The smallest absolute Gasteiger partial charge is 0.306 e. The summed E-state index contributed by atoms with van der Waals surface area (Å²) >= 11 is 0. The van der Waals surface area contributed by atoms with Gasteiger partial charge in [-0.25, -0.2) is 0 Å². The van der Waals surface area contributed by atoms with Crippen LogP contribution in [0.25, 0.3) is 0 Å². The maximum absolute atomic E-state index is 12.8. The Morgan fingerprint density at radius 2 is 0.891 bits per heavy atom. The first-order chi connectivity index (χ1) is 21.9. The number of ether oxygens (including phenoxy) is 4. The molecule has 8 heteroatoms. The van der Waals surface area contributed by atoms with E-state index in [2.05, 4.69) is 20.9 Å². The van der Waals surface area contributed by atoms with Gasteiger partial charge in [-0.3, -0.25) is 9.59 Å². The highest BCUT2D eigenvalue weighted by atomic mass is 35.5. The molecule has 0 saturated heterocycles. The number of halogens is 1. The molecule has 0 radical (unpaired) electrons. The molecule has 0 fully saturated rings. The molecule has 0 bridgehead atoms. The fourth-order valence-corrected chi connectivity index (χ4v) is 5.90. The van der Waals surface area contributed by atoms with Gasteiger partial charge in [0.2, 0.25) is 0 Å². The van der Waals surface area contributed by atoms with Gasteiger partial charge in [-0.15, -0.1) is 0 Å². The summed E-state index contributed by atoms with van der Waals surface area (Å²) < 4.78 is 23.0. The Morgan fingerprint density at radius 3 is 1.26 bits per heavy atom. The molecular formula is C38H76ClNO6. The van der Waals surface area contributed by atoms with E-state index in [0.29, 0.717) is 37.1 Å². The molecule has 0 spiro atoms. The van der Waals surface area contributed by atoms with Crippen molar-refractivity contribution in [1.82, 2.24) is 0 Å². The zero-order valence-electron chi connectivity index (χ0n) is 31.1. The molecule has 0 aromatic rings. The van der Waals surface area contributed by atoms with E-state index in [1.165, 1.54) is 116 Å². The zero-order chi connectivity index (χ0) is 33.3. The monoisotopic (exact) mass is 678 g/mol. The predicted octanol–water partition coefficient (Wildman–Crippen LogP) is 6.59. The van der Waals surface area contributed by atoms with Crippen molar-refractivity contribution >= 4 is 11.9 Å². The molecule has 0 aliphatic carbocycles. The highest BCUT2D eigenvalue weighted by molar-refractivity contribution is 5.70. The third kappa shape index (κ3) is 31.7. The van der Waals surface area contributed by atoms with Crippen molar-refractivity contribution in [3.8, 4) is 0 Å². The molecule has 0 saturated carbocycles. The lowest BCUT2D eigenvalue weighted by Gasteiger charge is -2.36. The molecule has 7 nitrogen and oxygen atoms in total. The van der Waals surface area contributed by atoms with E-state index in [9.17, 15) is 9.59 Å². The van der Waals surface area contributed by atoms with Crippen LogP contribution < -0.4 is 12.4 Å². The largest absolute Gasteiger partial charge is 1.00 e. The quantitative estimate of drug-likeness (QED) is 0.0429. The number of rotatable bonds is 35. The maximum Gasteiger partial charge on any atom is 0.306 e. The van der Waals surface area contributed by atoms with E-state index in [1.54, 1.807) is 14.2 Å². The number of methoxy groups -OCH3 is 2. The van der Waals surface area contributed by atoms with E-state index in [0.717, 1.165) is 38.8 Å². The number of carbonyl (C=O) groups is 2. The van der Waals surface area contributed by atoms with Crippen molar-refractivity contribution in [3.05, 3.63) is 0 Å². The van der Waals surface area contributed by atoms with Crippen LogP contribution in [0.2, 0.25) is 0 Å². The van der Waals surface area contributed by atoms with Gasteiger partial charge >= 0.3 is 11.9 Å². The number of quaternary nitrogens is 1. The first kappa shape index (κ1) is 47.2. The zero-order valence-corrected chi connectivity index (χ0v) is 31.8. The molecule has 46 heavy (non-hydrogen) atoms. The van der Waals surface area contributed by atoms with E-state index < -0.39 is 6.10 Å². The Kier molecular flexibility index (Phi) is 36.4. The molecule has 0 aliphatic heterocycles. The highest BCUT2D eigenvalue weighted by Gasteiger charge is 2.30. The number of esters is 2. The number of nitrogens with zero attached hydrogens (tertiary/aromatic N) is 1. The summed E-state index contributed by atoms with van der Waals surface area (Å²) in [5.74, 6) is -0.386. The molecule has 0 heterocycles. The van der Waals surface area contributed by atoms with Gasteiger partial charge in [0.1, 0.15) is 26.2 Å². The van der Waals surface area contributed by atoms with Crippen molar-refractivity contribution in [2.45, 2.75) is 174 Å². The Balaban J connectivity index is 0. The lowest BCUT2D eigenvalue weighted by molar-refractivity contribution is -0.912. The van der Waals surface area contributed by atoms with Crippen molar-refractivity contribution in [2.24, 2.45) is 0 Å². The SMILES string of the molecule is CCCCCCCCCCCCCC(=O)OCC(C[N+](C)(CCOC)CCOC)OC(=O)CCCCCCCCCCCCC.[Cl-]. The first-order valence-corrected chi connectivity index (χ1v) is 19.1. The van der Waals surface area contributed by atoms with Crippen LogP contribution in [0.3, 0.4) is 0 Å². The van der Waals surface area contributed by atoms with Gasteiger partial charge in [-0.1, -0.05) is 142 Å². The molecule has 0 N–H and O–H groups in total. The number of carbonyl (C=O) groups excluding carboxylic acids is 2. The second kappa shape index (κ2) is 35.4. The summed E-state index contributed by atoms with van der Waals surface area (Å²) in [6.45, 7) is 7.90. The minimum atomic E-state index is -0.481. The van der Waals surface area contributed by atoms with Crippen LogP contribution in [0.4, 0.5) is 0 Å². The van der Waals surface area contributed by atoms with Crippen LogP contribution in [0.15, 0.2) is 0 Å². The number of unbranched alkanes of at least 4 members (excludes halogenated alkanes) is 20. The summed E-state index contributed by atoms with van der Waals surface area (Å²) in [4.78, 5) is 25.4. The van der Waals surface area contributed by atoms with Crippen LogP contribution >= 0.6 is 0 Å². The molecule has 0 aliphatic rings. The summed E-state index contributed by atoms with van der Waals surface area (Å²) in [6, 6.07) is 0. The fraction of sp³-hybridized carbons (Fsp3) is 0.947. The van der Waals surface area contributed by atoms with Gasteiger partial charge in [-0.2, -0.15) is 0 Å². The van der Waals surface area contributed by atoms with Crippen molar-refractivity contribution in [1.29, 1.82) is 0 Å². The first-order valence-electron chi connectivity index (χ1n) is 19.1. The fourth-order valence-electron chi connectivity index (χ4n) is 5.90. The van der Waals surface area contributed by atoms with E-state index >= 15 is 0 Å².